The van der Waals surface area contributed by atoms with Crippen LogP contribution in [-0.2, 0) is 12.8 Å². The van der Waals surface area contributed by atoms with Gasteiger partial charge in [0.25, 0.3) is 0 Å². The number of hydrogen-bond acceptors (Lipinski definition) is 3. The molecule has 1 aliphatic rings. The van der Waals surface area contributed by atoms with Crippen LogP contribution in [-0.4, -0.2) is 9.97 Å². The van der Waals surface area contributed by atoms with Crippen LogP contribution in [0.5, 0.6) is 0 Å². The zero-order chi connectivity index (χ0) is 13.5. The van der Waals surface area contributed by atoms with Crippen LogP contribution in [0, 0.1) is 0 Å². The Morgan fingerprint density at radius 3 is 2.80 bits per heavy atom. The predicted octanol–water partition coefficient (Wildman–Crippen LogP) is 4.42. The molecule has 3 aromatic rings. The van der Waals surface area contributed by atoms with Gasteiger partial charge in [-0.2, -0.15) is 0 Å². The van der Waals surface area contributed by atoms with Gasteiger partial charge in [0.05, 0.1) is 0 Å². The summed E-state index contributed by atoms with van der Waals surface area (Å²) < 4.78 is 5.82. The Balaban J connectivity index is 1.87. The predicted molar refractivity (Wildman–Crippen MR) is 78.9 cm³/mol. The standard InChI is InChI=1S/C16H13ClN2O/c17-15-11-6-2-3-7-12(11)18-16(19-15)14-9-10-5-1-4-8-13(10)20-14/h1,4-5,8-9H,2-3,6-7H2. The van der Waals surface area contributed by atoms with Crippen molar-refractivity contribution in [3.63, 3.8) is 0 Å². The average molecular weight is 285 g/mol. The fourth-order valence-electron chi connectivity index (χ4n) is 2.75. The van der Waals surface area contributed by atoms with E-state index >= 15 is 0 Å². The largest absolute Gasteiger partial charge is 0.453 e. The highest BCUT2D eigenvalue weighted by Gasteiger charge is 2.18. The number of para-hydroxylation sites is 1. The molecule has 0 atom stereocenters. The Hall–Kier alpha value is -1.87. The van der Waals surface area contributed by atoms with E-state index in [-0.39, 0.29) is 0 Å². The Morgan fingerprint density at radius 1 is 1.05 bits per heavy atom. The molecule has 2 heterocycles. The minimum Gasteiger partial charge on any atom is -0.453 e. The average Bonchev–Trinajstić information content (AvgIpc) is 2.91. The van der Waals surface area contributed by atoms with E-state index in [2.05, 4.69) is 9.97 Å². The van der Waals surface area contributed by atoms with Crippen LogP contribution in [0.4, 0.5) is 0 Å². The third-order valence-electron chi connectivity index (χ3n) is 3.78. The summed E-state index contributed by atoms with van der Waals surface area (Å²) in [6.07, 6.45) is 4.29. The lowest BCUT2D eigenvalue weighted by Gasteiger charge is -2.15. The summed E-state index contributed by atoms with van der Waals surface area (Å²) in [4.78, 5) is 9.06. The second-order valence-electron chi connectivity index (χ2n) is 5.12. The summed E-state index contributed by atoms with van der Waals surface area (Å²) in [6, 6.07) is 9.87. The van der Waals surface area contributed by atoms with Crippen molar-refractivity contribution in [1.29, 1.82) is 0 Å². The Morgan fingerprint density at radius 2 is 1.90 bits per heavy atom. The smallest absolute Gasteiger partial charge is 0.197 e. The fraction of sp³-hybridized carbons (Fsp3) is 0.250. The van der Waals surface area contributed by atoms with E-state index in [9.17, 15) is 0 Å². The van der Waals surface area contributed by atoms with E-state index in [1.54, 1.807) is 0 Å². The van der Waals surface area contributed by atoms with Crippen LogP contribution >= 0.6 is 11.6 Å². The summed E-state index contributed by atoms with van der Waals surface area (Å²) in [6.45, 7) is 0. The highest BCUT2D eigenvalue weighted by atomic mass is 35.5. The first-order valence-electron chi connectivity index (χ1n) is 6.85. The molecule has 20 heavy (non-hydrogen) atoms. The van der Waals surface area contributed by atoms with Gasteiger partial charge in [-0.05, 0) is 37.8 Å². The summed E-state index contributed by atoms with van der Waals surface area (Å²) in [5.74, 6) is 1.27. The number of benzene rings is 1. The molecule has 1 aliphatic carbocycles. The number of halogens is 1. The molecule has 0 aliphatic heterocycles. The molecule has 0 unspecified atom stereocenters. The highest BCUT2D eigenvalue weighted by Crippen LogP contribution is 2.30. The molecule has 2 aromatic heterocycles. The molecular formula is C16H13ClN2O. The Labute approximate surface area is 121 Å². The lowest BCUT2D eigenvalue weighted by molar-refractivity contribution is 0.618. The molecule has 0 fully saturated rings. The van der Waals surface area contributed by atoms with Crippen LogP contribution in [0.25, 0.3) is 22.6 Å². The number of rotatable bonds is 1. The number of aryl methyl sites for hydroxylation is 1. The van der Waals surface area contributed by atoms with Crippen molar-refractivity contribution in [3.8, 4) is 11.6 Å². The van der Waals surface area contributed by atoms with E-state index in [1.165, 1.54) is 12.8 Å². The summed E-state index contributed by atoms with van der Waals surface area (Å²) >= 11 is 6.30. The van der Waals surface area contributed by atoms with Crippen LogP contribution in [0.1, 0.15) is 24.1 Å². The van der Waals surface area contributed by atoms with Gasteiger partial charge in [-0.1, -0.05) is 29.8 Å². The molecule has 0 bridgehead atoms. The van der Waals surface area contributed by atoms with Crippen molar-refractivity contribution in [2.24, 2.45) is 0 Å². The number of fused-ring (bicyclic) bond motifs is 2. The fourth-order valence-corrected chi connectivity index (χ4v) is 3.03. The van der Waals surface area contributed by atoms with Crippen LogP contribution < -0.4 is 0 Å². The molecule has 4 rings (SSSR count). The van der Waals surface area contributed by atoms with E-state index in [0.29, 0.717) is 16.7 Å². The molecule has 0 saturated carbocycles. The van der Waals surface area contributed by atoms with E-state index in [0.717, 1.165) is 35.1 Å². The van der Waals surface area contributed by atoms with E-state index in [4.69, 9.17) is 16.0 Å². The SMILES string of the molecule is Clc1nc(-c2cc3ccccc3o2)nc2c1CCCC2. The molecule has 0 amide bonds. The topological polar surface area (TPSA) is 38.9 Å². The van der Waals surface area contributed by atoms with Crippen LogP contribution in [0.2, 0.25) is 5.15 Å². The number of furan rings is 1. The summed E-state index contributed by atoms with van der Waals surface area (Å²) in [5, 5.41) is 1.63. The van der Waals surface area contributed by atoms with Crippen LogP contribution in [0.15, 0.2) is 34.7 Å². The first-order chi connectivity index (χ1) is 9.81. The lowest BCUT2D eigenvalue weighted by atomic mass is 9.97. The minimum atomic E-state index is 0.574. The van der Waals surface area contributed by atoms with Gasteiger partial charge in [-0.25, -0.2) is 9.97 Å². The molecule has 1 aromatic carbocycles. The quantitative estimate of drug-likeness (QED) is 0.621. The maximum Gasteiger partial charge on any atom is 0.197 e. The lowest BCUT2D eigenvalue weighted by Crippen LogP contribution is -2.08. The van der Waals surface area contributed by atoms with E-state index in [1.807, 2.05) is 30.3 Å². The third kappa shape index (κ3) is 1.90. The summed E-state index contributed by atoms with van der Waals surface area (Å²) in [5.41, 5.74) is 3.03. The van der Waals surface area contributed by atoms with Gasteiger partial charge in [-0.3, -0.25) is 0 Å². The number of hydrogen-bond donors (Lipinski definition) is 0. The molecule has 3 nitrogen and oxygen atoms in total. The monoisotopic (exact) mass is 284 g/mol. The molecule has 0 saturated heterocycles. The molecule has 0 spiro atoms. The van der Waals surface area contributed by atoms with Crippen LogP contribution in [0.3, 0.4) is 0 Å². The van der Waals surface area contributed by atoms with Crippen molar-refractivity contribution in [3.05, 3.63) is 46.7 Å². The zero-order valence-corrected chi connectivity index (χ0v) is 11.7. The maximum absolute atomic E-state index is 6.30. The third-order valence-corrected chi connectivity index (χ3v) is 4.09. The zero-order valence-electron chi connectivity index (χ0n) is 10.9. The van der Waals surface area contributed by atoms with E-state index < -0.39 is 0 Å². The Kier molecular flexibility index (Phi) is 2.74. The van der Waals surface area contributed by atoms with Gasteiger partial charge in [0.2, 0.25) is 0 Å². The van der Waals surface area contributed by atoms with Gasteiger partial charge in [0, 0.05) is 16.6 Å². The first kappa shape index (κ1) is 11.9. The van der Waals surface area contributed by atoms with Gasteiger partial charge in [-0.15, -0.1) is 0 Å². The van der Waals surface area contributed by atoms with Gasteiger partial charge >= 0.3 is 0 Å². The summed E-state index contributed by atoms with van der Waals surface area (Å²) in [7, 11) is 0. The Bertz CT molecular complexity index is 761. The van der Waals surface area contributed by atoms with Crippen molar-refractivity contribution in [2.45, 2.75) is 25.7 Å². The minimum absolute atomic E-state index is 0.574. The first-order valence-corrected chi connectivity index (χ1v) is 7.23. The second-order valence-corrected chi connectivity index (χ2v) is 5.48. The molecule has 4 heteroatoms. The number of nitrogens with zero attached hydrogens (tertiary/aromatic N) is 2. The number of aromatic nitrogens is 2. The van der Waals surface area contributed by atoms with Crippen molar-refractivity contribution in [1.82, 2.24) is 9.97 Å². The van der Waals surface area contributed by atoms with Gasteiger partial charge < -0.3 is 4.42 Å². The molecule has 0 N–H and O–H groups in total. The van der Waals surface area contributed by atoms with Gasteiger partial charge in [0.1, 0.15) is 10.7 Å². The van der Waals surface area contributed by atoms with Crippen molar-refractivity contribution < 1.29 is 4.42 Å². The van der Waals surface area contributed by atoms with Gasteiger partial charge in [0.15, 0.2) is 11.6 Å². The highest BCUT2D eigenvalue weighted by molar-refractivity contribution is 6.30. The maximum atomic E-state index is 6.30. The van der Waals surface area contributed by atoms with Crippen molar-refractivity contribution in [2.75, 3.05) is 0 Å². The normalized spacial score (nSPS) is 14.4. The van der Waals surface area contributed by atoms with Crippen molar-refractivity contribution >= 4 is 22.6 Å². The molecule has 0 radical (unpaired) electrons. The second kappa shape index (κ2) is 4.60. The molecular weight excluding hydrogens is 272 g/mol. The molecule has 100 valence electrons.